The Morgan fingerprint density at radius 3 is 2.92 bits per heavy atom. The fourth-order valence-corrected chi connectivity index (χ4v) is 1.07. The first-order valence-electron chi connectivity index (χ1n) is 3.87. The van der Waals surface area contributed by atoms with E-state index in [1.165, 1.54) is 7.11 Å². The Hall–Kier alpha value is -1.15. The molecule has 0 fully saturated rings. The quantitative estimate of drug-likeness (QED) is 0.757. The average Bonchev–Trinajstić information content (AvgIpc) is 2.16. The molecule has 1 rings (SSSR count). The number of hydrogen-bond acceptors (Lipinski definition) is 2. The highest BCUT2D eigenvalue weighted by atomic mass is 35.5. The van der Waals surface area contributed by atoms with Gasteiger partial charge in [0.1, 0.15) is 0 Å². The second-order valence-corrected chi connectivity index (χ2v) is 2.80. The lowest BCUT2D eigenvalue weighted by Gasteiger charge is -2.03. The number of allylic oxidation sites excluding steroid dienone is 1. The summed E-state index contributed by atoms with van der Waals surface area (Å²) in [5, 5.41) is 9.29. The Bertz CT molecular complexity index is 308. The Morgan fingerprint density at radius 1 is 1.54 bits per heavy atom. The van der Waals surface area contributed by atoms with Crippen molar-refractivity contribution in [1.29, 1.82) is 0 Å². The maximum absolute atomic E-state index is 9.29. The van der Waals surface area contributed by atoms with Crippen LogP contribution in [0.2, 0.25) is 0 Å². The van der Waals surface area contributed by atoms with E-state index in [2.05, 4.69) is 0 Å². The first-order chi connectivity index (χ1) is 6.27. The van der Waals surface area contributed by atoms with Crippen LogP contribution in [0.4, 0.5) is 0 Å². The van der Waals surface area contributed by atoms with Crippen LogP contribution < -0.4 is 4.74 Å². The van der Waals surface area contributed by atoms with Crippen LogP contribution in [0.15, 0.2) is 24.3 Å². The number of aromatic hydroxyl groups is 1. The molecule has 0 aliphatic heterocycles. The van der Waals surface area contributed by atoms with Gasteiger partial charge in [0.25, 0.3) is 0 Å². The molecule has 0 radical (unpaired) electrons. The normalized spacial score (nSPS) is 10.6. The Labute approximate surface area is 82.4 Å². The number of benzene rings is 1. The van der Waals surface area contributed by atoms with Crippen LogP contribution in [0.3, 0.4) is 0 Å². The minimum absolute atomic E-state index is 0.144. The molecule has 0 aliphatic carbocycles. The summed E-state index contributed by atoms with van der Waals surface area (Å²) in [4.78, 5) is 0. The zero-order chi connectivity index (χ0) is 9.68. The molecule has 70 valence electrons. The third kappa shape index (κ3) is 2.67. The van der Waals surface area contributed by atoms with Gasteiger partial charge in [-0.15, -0.1) is 11.6 Å². The first-order valence-corrected chi connectivity index (χ1v) is 4.41. The van der Waals surface area contributed by atoms with E-state index in [4.69, 9.17) is 16.3 Å². The molecule has 0 saturated carbocycles. The maximum atomic E-state index is 9.29. The fraction of sp³-hybridized carbons (Fsp3) is 0.200. The van der Waals surface area contributed by atoms with Crippen molar-refractivity contribution in [2.24, 2.45) is 0 Å². The zero-order valence-corrected chi connectivity index (χ0v) is 8.08. The second kappa shape index (κ2) is 4.77. The molecule has 1 aromatic rings. The predicted octanol–water partition coefficient (Wildman–Crippen LogP) is 2.65. The topological polar surface area (TPSA) is 29.5 Å². The number of phenolic OH excluding ortho intramolecular Hbond substituents is 1. The van der Waals surface area contributed by atoms with Gasteiger partial charge >= 0.3 is 0 Å². The average molecular weight is 199 g/mol. The summed E-state index contributed by atoms with van der Waals surface area (Å²) >= 11 is 5.49. The number of phenols is 1. The highest BCUT2D eigenvalue weighted by Crippen LogP contribution is 2.26. The minimum atomic E-state index is 0.144. The lowest BCUT2D eigenvalue weighted by molar-refractivity contribution is 0.373. The fourth-order valence-electron chi connectivity index (χ4n) is 0.979. The van der Waals surface area contributed by atoms with Gasteiger partial charge in [-0.25, -0.2) is 0 Å². The summed E-state index contributed by atoms with van der Waals surface area (Å²) in [5.41, 5.74) is 0.954. The van der Waals surface area contributed by atoms with Crippen LogP contribution in [-0.2, 0) is 0 Å². The molecule has 0 unspecified atom stereocenters. The third-order valence-electron chi connectivity index (χ3n) is 1.60. The summed E-state index contributed by atoms with van der Waals surface area (Å²) in [6, 6.07) is 5.13. The highest BCUT2D eigenvalue weighted by Gasteiger charge is 1.99. The van der Waals surface area contributed by atoms with Crippen LogP contribution in [0.25, 0.3) is 6.08 Å². The van der Waals surface area contributed by atoms with Crippen LogP contribution in [0.5, 0.6) is 11.5 Å². The van der Waals surface area contributed by atoms with Crippen molar-refractivity contribution in [2.45, 2.75) is 0 Å². The van der Waals surface area contributed by atoms with Crippen molar-refractivity contribution in [3.05, 3.63) is 29.8 Å². The summed E-state index contributed by atoms with van der Waals surface area (Å²) in [6.07, 6.45) is 3.70. The van der Waals surface area contributed by atoms with Crippen LogP contribution in [-0.4, -0.2) is 18.1 Å². The molecule has 0 aromatic heterocycles. The van der Waals surface area contributed by atoms with Crippen molar-refractivity contribution in [3.63, 3.8) is 0 Å². The predicted molar refractivity (Wildman–Crippen MR) is 54.4 cm³/mol. The van der Waals surface area contributed by atoms with E-state index in [0.717, 1.165) is 5.56 Å². The summed E-state index contributed by atoms with van der Waals surface area (Å²) in [7, 11) is 1.52. The van der Waals surface area contributed by atoms with Gasteiger partial charge in [0, 0.05) is 5.88 Å². The van der Waals surface area contributed by atoms with Gasteiger partial charge in [0.2, 0.25) is 0 Å². The number of hydrogen-bond donors (Lipinski definition) is 1. The monoisotopic (exact) mass is 198 g/mol. The largest absolute Gasteiger partial charge is 0.504 e. The van der Waals surface area contributed by atoms with Crippen molar-refractivity contribution in [1.82, 2.24) is 0 Å². The lowest BCUT2D eigenvalue weighted by atomic mass is 10.2. The van der Waals surface area contributed by atoms with E-state index < -0.39 is 0 Å². The van der Waals surface area contributed by atoms with Gasteiger partial charge < -0.3 is 9.84 Å². The Balaban J connectivity index is 2.92. The molecule has 0 atom stereocenters. The molecule has 0 aliphatic rings. The second-order valence-electron chi connectivity index (χ2n) is 2.49. The maximum Gasteiger partial charge on any atom is 0.161 e. The smallest absolute Gasteiger partial charge is 0.161 e. The standard InChI is InChI=1S/C10H11ClO2/c1-13-10-7-8(3-2-6-11)4-5-9(10)12/h2-5,7,12H,6H2,1H3. The molecule has 0 amide bonds. The van der Waals surface area contributed by atoms with E-state index in [-0.39, 0.29) is 5.75 Å². The van der Waals surface area contributed by atoms with Crippen LogP contribution in [0, 0.1) is 0 Å². The van der Waals surface area contributed by atoms with Gasteiger partial charge in [-0.05, 0) is 17.7 Å². The minimum Gasteiger partial charge on any atom is -0.504 e. The van der Waals surface area contributed by atoms with Gasteiger partial charge in [-0.3, -0.25) is 0 Å². The molecular weight excluding hydrogens is 188 g/mol. The number of rotatable bonds is 3. The van der Waals surface area contributed by atoms with Gasteiger partial charge in [0.15, 0.2) is 11.5 Å². The number of halogens is 1. The van der Waals surface area contributed by atoms with E-state index in [1.807, 2.05) is 12.2 Å². The summed E-state index contributed by atoms with van der Waals surface area (Å²) in [5.74, 6) is 1.09. The van der Waals surface area contributed by atoms with Crippen LogP contribution in [0.1, 0.15) is 5.56 Å². The molecule has 0 heterocycles. The third-order valence-corrected chi connectivity index (χ3v) is 1.78. The van der Waals surface area contributed by atoms with E-state index >= 15 is 0 Å². The van der Waals surface area contributed by atoms with Crippen molar-refractivity contribution in [3.8, 4) is 11.5 Å². The number of ether oxygens (including phenoxy) is 1. The molecule has 0 spiro atoms. The Kier molecular flexibility index (Phi) is 3.65. The lowest BCUT2D eigenvalue weighted by Crippen LogP contribution is -1.84. The first kappa shape index (κ1) is 9.93. The van der Waals surface area contributed by atoms with E-state index in [1.54, 1.807) is 18.2 Å². The van der Waals surface area contributed by atoms with Crippen LogP contribution >= 0.6 is 11.6 Å². The molecular formula is C10H11ClO2. The van der Waals surface area contributed by atoms with Crippen molar-refractivity contribution < 1.29 is 9.84 Å². The zero-order valence-electron chi connectivity index (χ0n) is 7.33. The highest BCUT2D eigenvalue weighted by molar-refractivity contribution is 6.19. The molecule has 1 aromatic carbocycles. The number of methoxy groups -OCH3 is 1. The van der Waals surface area contributed by atoms with Gasteiger partial charge in [-0.2, -0.15) is 0 Å². The molecule has 1 N–H and O–H groups in total. The van der Waals surface area contributed by atoms with Gasteiger partial charge in [-0.1, -0.05) is 18.2 Å². The molecule has 0 saturated heterocycles. The number of alkyl halides is 1. The molecule has 2 nitrogen and oxygen atoms in total. The van der Waals surface area contributed by atoms with Gasteiger partial charge in [0.05, 0.1) is 7.11 Å². The Morgan fingerprint density at radius 2 is 2.31 bits per heavy atom. The molecule has 0 bridgehead atoms. The van der Waals surface area contributed by atoms with Crippen molar-refractivity contribution >= 4 is 17.7 Å². The molecule has 3 heteroatoms. The van der Waals surface area contributed by atoms with E-state index in [9.17, 15) is 5.11 Å². The molecule has 13 heavy (non-hydrogen) atoms. The summed E-state index contributed by atoms with van der Waals surface area (Å²) in [6.45, 7) is 0. The van der Waals surface area contributed by atoms with Crippen molar-refractivity contribution in [2.75, 3.05) is 13.0 Å². The van der Waals surface area contributed by atoms with E-state index in [0.29, 0.717) is 11.6 Å². The SMILES string of the molecule is COc1cc(C=CCCl)ccc1O. The summed E-state index contributed by atoms with van der Waals surface area (Å²) < 4.78 is 4.95.